The first-order valence-electron chi connectivity index (χ1n) is 6.76. The van der Waals surface area contributed by atoms with Gasteiger partial charge in [-0.1, -0.05) is 13.0 Å². The van der Waals surface area contributed by atoms with Crippen molar-refractivity contribution in [2.75, 3.05) is 13.1 Å². The zero-order chi connectivity index (χ0) is 16.4. The summed E-state index contributed by atoms with van der Waals surface area (Å²) in [5, 5.41) is 3.08. The summed E-state index contributed by atoms with van der Waals surface area (Å²) in [6, 6.07) is 4.05. The third-order valence-corrected chi connectivity index (χ3v) is 4.97. The molecular formula is C13H17F3N2O3S. The van der Waals surface area contributed by atoms with Crippen molar-refractivity contribution in [1.29, 1.82) is 0 Å². The molecule has 0 amide bonds. The molecular weight excluding hydrogens is 321 g/mol. The van der Waals surface area contributed by atoms with Crippen LogP contribution in [-0.2, 0) is 10.0 Å². The summed E-state index contributed by atoms with van der Waals surface area (Å²) in [7, 11) is -3.91. The molecule has 1 aliphatic rings. The number of alkyl halides is 3. The van der Waals surface area contributed by atoms with E-state index in [1.165, 1.54) is 12.1 Å². The monoisotopic (exact) mass is 338 g/mol. The van der Waals surface area contributed by atoms with Crippen LogP contribution in [0.4, 0.5) is 13.2 Å². The Morgan fingerprint density at radius 1 is 1.36 bits per heavy atom. The zero-order valence-electron chi connectivity index (χ0n) is 11.9. The van der Waals surface area contributed by atoms with Crippen LogP contribution in [-0.4, -0.2) is 33.9 Å². The predicted molar refractivity (Wildman–Crippen MR) is 73.9 cm³/mol. The number of hydrogen-bond donors (Lipinski definition) is 2. The molecule has 1 saturated heterocycles. The van der Waals surface area contributed by atoms with Crippen LogP contribution in [0.1, 0.15) is 13.3 Å². The number of sulfonamides is 1. The lowest BCUT2D eigenvalue weighted by molar-refractivity contribution is -0.274. The van der Waals surface area contributed by atoms with E-state index in [-0.39, 0.29) is 16.9 Å². The van der Waals surface area contributed by atoms with Crippen LogP contribution < -0.4 is 14.8 Å². The first kappa shape index (κ1) is 17.0. The minimum absolute atomic E-state index is 0.144. The van der Waals surface area contributed by atoms with Gasteiger partial charge in [0.1, 0.15) is 5.75 Å². The normalized spacial score (nSPS) is 23.3. The van der Waals surface area contributed by atoms with E-state index in [9.17, 15) is 21.6 Å². The Morgan fingerprint density at radius 2 is 2.09 bits per heavy atom. The van der Waals surface area contributed by atoms with Gasteiger partial charge in [-0.05, 0) is 31.0 Å². The van der Waals surface area contributed by atoms with Crippen LogP contribution in [0.5, 0.6) is 5.75 Å². The Labute approximate surface area is 126 Å². The molecule has 1 aromatic carbocycles. The van der Waals surface area contributed by atoms with Crippen molar-refractivity contribution >= 4 is 10.0 Å². The van der Waals surface area contributed by atoms with Gasteiger partial charge in [0, 0.05) is 18.7 Å². The second-order valence-corrected chi connectivity index (χ2v) is 6.93. The maximum absolute atomic E-state index is 12.3. The molecule has 1 aromatic rings. The minimum Gasteiger partial charge on any atom is -0.406 e. The van der Waals surface area contributed by atoms with Gasteiger partial charge < -0.3 is 10.1 Å². The van der Waals surface area contributed by atoms with E-state index in [1.807, 2.05) is 6.92 Å². The van der Waals surface area contributed by atoms with Crippen LogP contribution in [0.3, 0.4) is 0 Å². The van der Waals surface area contributed by atoms with Crippen molar-refractivity contribution in [3.63, 3.8) is 0 Å². The lowest BCUT2D eigenvalue weighted by Crippen LogP contribution is -2.50. The first-order chi connectivity index (χ1) is 10.2. The summed E-state index contributed by atoms with van der Waals surface area (Å²) in [5.74, 6) is -0.421. The Hall–Kier alpha value is -1.32. The zero-order valence-corrected chi connectivity index (χ0v) is 12.7. The highest BCUT2D eigenvalue weighted by Crippen LogP contribution is 2.25. The van der Waals surface area contributed by atoms with E-state index in [0.717, 1.165) is 25.1 Å². The molecule has 9 heteroatoms. The molecule has 0 radical (unpaired) electrons. The molecule has 124 valence electrons. The molecule has 5 nitrogen and oxygen atoms in total. The molecule has 1 fully saturated rings. The maximum atomic E-state index is 12.3. The largest absolute Gasteiger partial charge is 0.573 e. The molecule has 0 aliphatic carbocycles. The van der Waals surface area contributed by atoms with E-state index < -0.39 is 22.1 Å². The van der Waals surface area contributed by atoms with Gasteiger partial charge in [-0.15, -0.1) is 13.2 Å². The van der Waals surface area contributed by atoms with Gasteiger partial charge in [0.05, 0.1) is 4.90 Å². The Bertz CT molecular complexity index is 619. The number of benzene rings is 1. The van der Waals surface area contributed by atoms with Crippen molar-refractivity contribution in [1.82, 2.24) is 10.0 Å². The average molecular weight is 338 g/mol. The third-order valence-electron chi connectivity index (χ3n) is 3.48. The molecule has 1 aliphatic heterocycles. The Morgan fingerprint density at radius 3 is 2.73 bits per heavy atom. The van der Waals surface area contributed by atoms with Crippen molar-refractivity contribution in [2.24, 2.45) is 5.92 Å². The summed E-state index contributed by atoms with van der Waals surface area (Å²) >= 11 is 0. The van der Waals surface area contributed by atoms with Gasteiger partial charge in [-0.3, -0.25) is 0 Å². The number of ether oxygens (including phenoxy) is 1. The van der Waals surface area contributed by atoms with E-state index in [2.05, 4.69) is 14.8 Å². The third kappa shape index (κ3) is 4.59. The maximum Gasteiger partial charge on any atom is 0.573 e. The fourth-order valence-electron chi connectivity index (χ4n) is 2.25. The smallest absolute Gasteiger partial charge is 0.406 e. The van der Waals surface area contributed by atoms with E-state index in [4.69, 9.17) is 0 Å². The van der Waals surface area contributed by atoms with Gasteiger partial charge in [-0.25, -0.2) is 13.1 Å². The second kappa shape index (κ2) is 6.43. The summed E-state index contributed by atoms with van der Waals surface area (Å²) < 4.78 is 67.4. The van der Waals surface area contributed by atoms with Gasteiger partial charge in [0.25, 0.3) is 0 Å². The minimum atomic E-state index is -4.86. The molecule has 0 bridgehead atoms. The number of rotatable bonds is 4. The molecule has 1 heterocycles. The highest BCUT2D eigenvalue weighted by molar-refractivity contribution is 7.89. The second-order valence-electron chi connectivity index (χ2n) is 5.22. The highest BCUT2D eigenvalue weighted by atomic mass is 32.2. The molecule has 2 atom stereocenters. The molecule has 2 N–H and O–H groups in total. The molecule has 0 saturated carbocycles. The Kier molecular flexibility index (Phi) is 4.98. The summed E-state index contributed by atoms with van der Waals surface area (Å²) in [4.78, 5) is -0.257. The van der Waals surface area contributed by atoms with Crippen molar-refractivity contribution in [3.05, 3.63) is 24.3 Å². The van der Waals surface area contributed by atoms with Crippen LogP contribution >= 0.6 is 0 Å². The first-order valence-corrected chi connectivity index (χ1v) is 8.24. The fraction of sp³-hybridized carbons (Fsp3) is 0.538. The standard InChI is InChI=1S/C13H17F3N2O3S/c1-9-5-6-17-8-12(9)18-22(19,20)11-4-2-3-10(7-11)21-13(14,15)16/h2-4,7,9,12,17-18H,5-6,8H2,1H3. The molecule has 0 aromatic heterocycles. The highest BCUT2D eigenvalue weighted by Gasteiger charge is 2.32. The predicted octanol–water partition coefficient (Wildman–Crippen LogP) is 1.86. The molecule has 0 spiro atoms. The van der Waals surface area contributed by atoms with Gasteiger partial charge in [0.2, 0.25) is 10.0 Å². The van der Waals surface area contributed by atoms with E-state index in [1.54, 1.807) is 0 Å². The number of hydrogen-bond acceptors (Lipinski definition) is 4. The van der Waals surface area contributed by atoms with Gasteiger partial charge >= 0.3 is 6.36 Å². The van der Waals surface area contributed by atoms with E-state index in [0.29, 0.717) is 6.54 Å². The molecule has 2 unspecified atom stereocenters. The SMILES string of the molecule is CC1CCNCC1NS(=O)(=O)c1cccc(OC(F)(F)F)c1. The number of halogens is 3. The fourth-order valence-corrected chi connectivity index (χ4v) is 3.63. The van der Waals surface area contributed by atoms with Crippen LogP contribution in [0.2, 0.25) is 0 Å². The molecule has 22 heavy (non-hydrogen) atoms. The lowest BCUT2D eigenvalue weighted by atomic mass is 9.96. The van der Waals surface area contributed by atoms with Crippen LogP contribution in [0.15, 0.2) is 29.2 Å². The van der Waals surface area contributed by atoms with E-state index >= 15 is 0 Å². The van der Waals surface area contributed by atoms with Crippen LogP contribution in [0.25, 0.3) is 0 Å². The van der Waals surface area contributed by atoms with Crippen molar-refractivity contribution in [3.8, 4) is 5.75 Å². The average Bonchev–Trinajstić information content (AvgIpc) is 2.40. The summed E-state index contributed by atoms with van der Waals surface area (Å²) in [6.45, 7) is 3.23. The summed E-state index contributed by atoms with van der Waals surface area (Å²) in [5.41, 5.74) is 0. The number of nitrogens with one attached hydrogen (secondary N) is 2. The summed E-state index contributed by atoms with van der Waals surface area (Å²) in [6.07, 6.45) is -4.04. The number of piperidine rings is 1. The quantitative estimate of drug-likeness (QED) is 0.879. The van der Waals surface area contributed by atoms with Crippen LogP contribution in [0, 0.1) is 5.92 Å². The molecule has 2 rings (SSSR count). The van der Waals surface area contributed by atoms with Gasteiger partial charge in [0.15, 0.2) is 0 Å². The van der Waals surface area contributed by atoms with Gasteiger partial charge in [-0.2, -0.15) is 0 Å². The Balaban J connectivity index is 2.16. The van der Waals surface area contributed by atoms with Crippen molar-refractivity contribution in [2.45, 2.75) is 30.6 Å². The lowest BCUT2D eigenvalue weighted by Gasteiger charge is -2.30. The topological polar surface area (TPSA) is 67.4 Å². The van der Waals surface area contributed by atoms with Crippen molar-refractivity contribution < 1.29 is 26.3 Å².